The van der Waals surface area contributed by atoms with E-state index >= 15 is 0 Å². The standard InChI is InChI=1S/C10H9F2NO4.ClH/c11-10(12)16-7-3-1-2-5(9(7)17-10)6(13)4-8(14)15;/h1-3,6H,4,13H2,(H,14,15);1H/t6-;/m1./s1. The summed E-state index contributed by atoms with van der Waals surface area (Å²) in [4.78, 5) is 10.5. The van der Waals surface area contributed by atoms with Crippen molar-refractivity contribution in [2.45, 2.75) is 18.8 Å². The van der Waals surface area contributed by atoms with Crippen molar-refractivity contribution in [3.05, 3.63) is 23.8 Å². The first-order valence-corrected chi connectivity index (χ1v) is 4.75. The van der Waals surface area contributed by atoms with Gasteiger partial charge in [0, 0.05) is 11.6 Å². The molecule has 0 saturated carbocycles. The number of ether oxygens (including phenoxy) is 2. The van der Waals surface area contributed by atoms with Crippen molar-refractivity contribution in [2.24, 2.45) is 5.73 Å². The van der Waals surface area contributed by atoms with Crippen molar-refractivity contribution in [1.82, 2.24) is 0 Å². The number of hydrogen-bond acceptors (Lipinski definition) is 4. The van der Waals surface area contributed by atoms with Gasteiger partial charge in [-0.3, -0.25) is 4.79 Å². The van der Waals surface area contributed by atoms with Crippen molar-refractivity contribution in [3.8, 4) is 11.5 Å². The summed E-state index contributed by atoms with van der Waals surface area (Å²) >= 11 is 0. The number of para-hydroxylation sites is 1. The van der Waals surface area contributed by atoms with E-state index in [0.717, 1.165) is 0 Å². The number of benzene rings is 1. The van der Waals surface area contributed by atoms with Gasteiger partial charge in [0.1, 0.15) is 0 Å². The van der Waals surface area contributed by atoms with Crippen LogP contribution in [0, 0.1) is 0 Å². The number of aliphatic carboxylic acids is 1. The number of carboxylic acids is 1. The number of fused-ring (bicyclic) bond motifs is 1. The molecule has 1 heterocycles. The molecule has 3 N–H and O–H groups in total. The fourth-order valence-electron chi connectivity index (χ4n) is 1.58. The highest BCUT2D eigenvalue weighted by Gasteiger charge is 2.44. The maximum absolute atomic E-state index is 12.8. The Bertz CT molecular complexity index is 469. The number of carboxylic acid groups (broad SMARTS) is 1. The van der Waals surface area contributed by atoms with Crippen LogP contribution in [0.3, 0.4) is 0 Å². The average Bonchev–Trinajstić information content (AvgIpc) is 2.49. The van der Waals surface area contributed by atoms with Crippen LogP contribution in [0.2, 0.25) is 0 Å². The number of halogens is 3. The van der Waals surface area contributed by atoms with Crippen molar-refractivity contribution in [2.75, 3.05) is 0 Å². The predicted octanol–water partition coefficient (Wildman–Crippen LogP) is 1.90. The zero-order valence-electron chi connectivity index (χ0n) is 8.93. The number of nitrogens with two attached hydrogens (primary N) is 1. The molecule has 0 saturated heterocycles. The summed E-state index contributed by atoms with van der Waals surface area (Å²) in [5, 5.41) is 8.60. The van der Waals surface area contributed by atoms with E-state index in [9.17, 15) is 13.6 Å². The zero-order valence-corrected chi connectivity index (χ0v) is 9.75. The quantitative estimate of drug-likeness (QED) is 0.884. The normalized spacial score (nSPS) is 16.8. The van der Waals surface area contributed by atoms with Crippen LogP contribution in [0.5, 0.6) is 11.5 Å². The first kappa shape index (κ1) is 14.5. The molecule has 0 spiro atoms. The van der Waals surface area contributed by atoms with Crippen molar-refractivity contribution >= 4 is 18.4 Å². The van der Waals surface area contributed by atoms with Gasteiger partial charge in [-0.05, 0) is 6.07 Å². The van der Waals surface area contributed by atoms with E-state index < -0.39 is 18.3 Å². The minimum atomic E-state index is -3.73. The molecule has 1 atom stereocenters. The monoisotopic (exact) mass is 281 g/mol. The lowest BCUT2D eigenvalue weighted by Crippen LogP contribution is -2.26. The number of rotatable bonds is 3. The van der Waals surface area contributed by atoms with Gasteiger partial charge in [0.15, 0.2) is 11.5 Å². The second-order valence-corrected chi connectivity index (χ2v) is 3.55. The molecule has 8 heteroatoms. The largest absolute Gasteiger partial charge is 0.586 e. The van der Waals surface area contributed by atoms with Gasteiger partial charge in [0.25, 0.3) is 0 Å². The molecule has 0 radical (unpaired) electrons. The molecule has 0 amide bonds. The Labute approximate surface area is 107 Å². The fraction of sp³-hybridized carbons (Fsp3) is 0.300. The van der Waals surface area contributed by atoms with Gasteiger partial charge < -0.3 is 20.3 Å². The van der Waals surface area contributed by atoms with Crippen LogP contribution in [0.15, 0.2) is 18.2 Å². The molecule has 0 aliphatic carbocycles. The molecule has 1 aromatic carbocycles. The van der Waals surface area contributed by atoms with E-state index in [1.54, 1.807) is 0 Å². The van der Waals surface area contributed by atoms with Gasteiger partial charge in [0.05, 0.1) is 6.42 Å². The summed E-state index contributed by atoms with van der Waals surface area (Å²) in [6.07, 6.45) is -4.12. The summed E-state index contributed by atoms with van der Waals surface area (Å²) in [7, 11) is 0. The first-order valence-electron chi connectivity index (χ1n) is 4.75. The average molecular weight is 282 g/mol. The smallest absolute Gasteiger partial charge is 0.481 e. The van der Waals surface area contributed by atoms with E-state index in [0.29, 0.717) is 0 Å². The summed E-state index contributed by atoms with van der Waals surface area (Å²) in [5.41, 5.74) is 5.78. The maximum atomic E-state index is 12.8. The molecule has 1 aliphatic heterocycles. The second kappa shape index (κ2) is 4.95. The Morgan fingerprint density at radius 2 is 2.11 bits per heavy atom. The molecule has 0 fully saturated rings. The van der Waals surface area contributed by atoms with Crippen molar-refractivity contribution in [1.29, 1.82) is 0 Å². The van der Waals surface area contributed by atoms with Gasteiger partial charge in [-0.2, -0.15) is 0 Å². The van der Waals surface area contributed by atoms with Gasteiger partial charge in [-0.1, -0.05) is 12.1 Å². The van der Waals surface area contributed by atoms with E-state index in [1.165, 1.54) is 18.2 Å². The summed E-state index contributed by atoms with van der Waals surface area (Å²) in [6, 6.07) is 3.24. The molecule has 18 heavy (non-hydrogen) atoms. The van der Waals surface area contributed by atoms with Gasteiger partial charge in [-0.15, -0.1) is 21.2 Å². The Morgan fingerprint density at radius 1 is 1.44 bits per heavy atom. The summed E-state index contributed by atoms with van der Waals surface area (Å²) in [6.45, 7) is 0. The van der Waals surface area contributed by atoms with Crippen LogP contribution in [-0.4, -0.2) is 17.4 Å². The molecule has 1 aliphatic rings. The van der Waals surface area contributed by atoms with E-state index in [1.807, 2.05) is 0 Å². The highest BCUT2D eigenvalue weighted by Crippen LogP contribution is 2.45. The SMILES string of the molecule is Cl.N[C@H](CC(=O)O)c1cccc2c1OC(F)(F)O2. The minimum Gasteiger partial charge on any atom is -0.481 e. The lowest BCUT2D eigenvalue weighted by Gasteiger charge is -2.12. The molecule has 2 rings (SSSR count). The number of hydrogen-bond donors (Lipinski definition) is 2. The van der Waals surface area contributed by atoms with Gasteiger partial charge >= 0.3 is 12.3 Å². The van der Waals surface area contributed by atoms with Crippen LogP contribution in [0.4, 0.5) is 8.78 Å². The zero-order chi connectivity index (χ0) is 12.6. The highest BCUT2D eigenvalue weighted by atomic mass is 35.5. The van der Waals surface area contributed by atoms with Gasteiger partial charge in [-0.25, -0.2) is 0 Å². The lowest BCUT2D eigenvalue weighted by molar-refractivity contribution is -0.287. The summed E-state index contributed by atoms with van der Waals surface area (Å²) in [5.74, 6) is -1.47. The molecule has 1 aromatic rings. The van der Waals surface area contributed by atoms with Crippen molar-refractivity contribution in [3.63, 3.8) is 0 Å². The Kier molecular flexibility index (Phi) is 3.98. The Hall–Kier alpha value is -1.60. The maximum Gasteiger partial charge on any atom is 0.586 e. The van der Waals surface area contributed by atoms with Crippen LogP contribution < -0.4 is 15.2 Å². The second-order valence-electron chi connectivity index (χ2n) is 3.55. The third-order valence-corrected chi connectivity index (χ3v) is 2.25. The fourth-order valence-corrected chi connectivity index (χ4v) is 1.58. The third kappa shape index (κ3) is 2.80. The van der Waals surface area contributed by atoms with Crippen LogP contribution in [0.1, 0.15) is 18.0 Å². The Balaban J connectivity index is 0.00000162. The molecular weight excluding hydrogens is 272 g/mol. The molecule has 5 nitrogen and oxygen atoms in total. The molecular formula is C10H10ClF2NO4. The number of alkyl halides is 2. The van der Waals surface area contributed by atoms with E-state index in [-0.39, 0.29) is 35.9 Å². The van der Waals surface area contributed by atoms with Crippen molar-refractivity contribution < 1.29 is 28.2 Å². The molecule has 100 valence electrons. The predicted molar refractivity (Wildman–Crippen MR) is 59.1 cm³/mol. The lowest BCUT2D eigenvalue weighted by atomic mass is 10.0. The Morgan fingerprint density at radius 3 is 2.72 bits per heavy atom. The van der Waals surface area contributed by atoms with Crippen LogP contribution in [0.25, 0.3) is 0 Å². The topological polar surface area (TPSA) is 81.8 Å². The molecule has 0 bridgehead atoms. The minimum absolute atomic E-state index is 0. The molecule has 0 aromatic heterocycles. The van der Waals surface area contributed by atoms with E-state index in [2.05, 4.69) is 9.47 Å². The van der Waals surface area contributed by atoms with Crippen LogP contribution >= 0.6 is 12.4 Å². The van der Waals surface area contributed by atoms with E-state index in [4.69, 9.17) is 10.8 Å². The third-order valence-electron chi connectivity index (χ3n) is 2.25. The first-order chi connectivity index (χ1) is 7.89. The highest BCUT2D eigenvalue weighted by molar-refractivity contribution is 5.85. The van der Waals surface area contributed by atoms with Gasteiger partial charge in [0.2, 0.25) is 0 Å². The molecule has 0 unspecified atom stereocenters. The summed E-state index contributed by atoms with van der Waals surface area (Å²) < 4.78 is 34.2. The number of carbonyl (C=O) groups is 1. The van der Waals surface area contributed by atoms with Crippen LogP contribution in [-0.2, 0) is 4.79 Å².